The van der Waals surface area contributed by atoms with E-state index in [-0.39, 0.29) is 12.0 Å². The minimum atomic E-state index is -0.313. The molecule has 102 valence electrons. The Balaban J connectivity index is 1.77. The Labute approximate surface area is 116 Å². The second kappa shape index (κ2) is 6.43. The molecule has 2 rings (SSSR count). The number of ether oxygens (including phenoxy) is 1. The van der Waals surface area contributed by atoms with Crippen LogP contribution < -0.4 is 5.32 Å². The van der Waals surface area contributed by atoms with Gasteiger partial charge in [-0.2, -0.15) is 0 Å². The van der Waals surface area contributed by atoms with E-state index in [9.17, 15) is 9.59 Å². The molecule has 0 aliphatic carbocycles. The number of carbonyl (C=O) groups excluding carboxylic acids is 2. The Kier molecular flexibility index (Phi) is 4.63. The van der Waals surface area contributed by atoms with E-state index in [1.807, 2.05) is 0 Å². The Morgan fingerprint density at radius 1 is 1.37 bits per heavy atom. The maximum absolute atomic E-state index is 11.8. The van der Waals surface area contributed by atoms with Crippen molar-refractivity contribution in [2.45, 2.75) is 6.42 Å². The summed E-state index contributed by atoms with van der Waals surface area (Å²) in [6.45, 7) is 2.01. The predicted molar refractivity (Wildman–Crippen MR) is 71.3 cm³/mol. The molecule has 0 bridgehead atoms. The molecule has 1 aromatic rings. The van der Waals surface area contributed by atoms with E-state index in [2.05, 4.69) is 5.32 Å². The first-order chi connectivity index (χ1) is 9.16. The fourth-order valence-corrected chi connectivity index (χ4v) is 1.93. The van der Waals surface area contributed by atoms with Crippen LogP contribution in [-0.4, -0.2) is 43.1 Å². The molecule has 0 aromatic heterocycles. The lowest BCUT2D eigenvalue weighted by Crippen LogP contribution is -2.42. The van der Waals surface area contributed by atoms with Gasteiger partial charge in [0.25, 0.3) is 5.91 Å². The first-order valence-corrected chi connectivity index (χ1v) is 6.50. The van der Waals surface area contributed by atoms with E-state index in [4.69, 9.17) is 16.3 Å². The van der Waals surface area contributed by atoms with Crippen molar-refractivity contribution in [1.82, 2.24) is 10.2 Å². The Morgan fingerprint density at radius 2 is 2.11 bits per heavy atom. The lowest BCUT2D eigenvalue weighted by molar-refractivity contribution is 0.0719. The number of nitrogens with zero attached hydrogens (tertiary/aromatic N) is 1. The quantitative estimate of drug-likeness (QED) is 0.918. The minimum absolute atomic E-state index is 0.179. The van der Waals surface area contributed by atoms with Crippen molar-refractivity contribution in [3.05, 3.63) is 34.9 Å². The van der Waals surface area contributed by atoms with Gasteiger partial charge in [0.15, 0.2) is 0 Å². The molecule has 2 amide bonds. The van der Waals surface area contributed by atoms with Gasteiger partial charge in [-0.25, -0.2) is 4.79 Å². The molecule has 1 heterocycles. The molecule has 1 aliphatic heterocycles. The molecule has 0 spiro atoms. The molecule has 1 aromatic carbocycles. The molecule has 6 heteroatoms. The van der Waals surface area contributed by atoms with Crippen molar-refractivity contribution in [3.63, 3.8) is 0 Å². The highest BCUT2D eigenvalue weighted by Crippen LogP contribution is 2.09. The van der Waals surface area contributed by atoms with Crippen molar-refractivity contribution in [3.8, 4) is 0 Å². The van der Waals surface area contributed by atoms with E-state index in [0.29, 0.717) is 36.8 Å². The Hall–Kier alpha value is -1.75. The number of rotatable bonds is 4. The SMILES string of the molecule is O=C(NCCN1CCCOC1=O)c1ccc(Cl)cc1. The smallest absolute Gasteiger partial charge is 0.409 e. The third-order valence-electron chi connectivity index (χ3n) is 2.83. The highest BCUT2D eigenvalue weighted by atomic mass is 35.5. The van der Waals surface area contributed by atoms with E-state index in [1.54, 1.807) is 29.2 Å². The standard InChI is InChI=1S/C13H15ClN2O3/c14-11-4-2-10(3-5-11)12(17)15-6-8-16-7-1-9-19-13(16)18/h2-5H,1,6-9H2,(H,15,17). The molecule has 1 saturated heterocycles. The third kappa shape index (κ3) is 3.86. The average Bonchev–Trinajstić information content (AvgIpc) is 2.41. The number of amides is 2. The second-order valence-corrected chi connectivity index (χ2v) is 4.65. The number of benzene rings is 1. The van der Waals surface area contributed by atoms with Crippen LogP contribution >= 0.6 is 11.6 Å². The maximum Gasteiger partial charge on any atom is 0.409 e. The Bertz CT molecular complexity index is 461. The molecule has 1 N–H and O–H groups in total. The Morgan fingerprint density at radius 3 is 2.79 bits per heavy atom. The van der Waals surface area contributed by atoms with Gasteiger partial charge in [-0.15, -0.1) is 0 Å². The van der Waals surface area contributed by atoms with Crippen LogP contribution in [0, 0.1) is 0 Å². The highest BCUT2D eigenvalue weighted by Gasteiger charge is 2.18. The molecule has 0 saturated carbocycles. The van der Waals surface area contributed by atoms with Gasteiger partial charge in [0, 0.05) is 30.2 Å². The summed E-state index contributed by atoms with van der Waals surface area (Å²) in [6, 6.07) is 6.65. The van der Waals surface area contributed by atoms with Gasteiger partial charge in [0.05, 0.1) is 6.61 Å². The summed E-state index contributed by atoms with van der Waals surface area (Å²) in [7, 11) is 0. The second-order valence-electron chi connectivity index (χ2n) is 4.22. The summed E-state index contributed by atoms with van der Waals surface area (Å²) in [5.41, 5.74) is 0.547. The van der Waals surface area contributed by atoms with Crippen molar-refractivity contribution in [2.75, 3.05) is 26.2 Å². The van der Waals surface area contributed by atoms with Gasteiger partial charge in [0.2, 0.25) is 0 Å². The number of halogens is 1. The molecule has 0 unspecified atom stereocenters. The van der Waals surface area contributed by atoms with Gasteiger partial charge in [-0.05, 0) is 30.7 Å². The number of hydrogen-bond acceptors (Lipinski definition) is 3. The number of nitrogens with one attached hydrogen (secondary N) is 1. The molecular formula is C13H15ClN2O3. The zero-order chi connectivity index (χ0) is 13.7. The van der Waals surface area contributed by atoms with E-state index in [1.165, 1.54) is 0 Å². The normalized spacial score (nSPS) is 15.0. The van der Waals surface area contributed by atoms with E-state index < -0.39 is 0 Å². The molecular weight excluding hydrogens is 268 g/mol. The molecule has 0 radical (unpaired) electrons. The summed E-state index contributed by atoms with van der Waals surface area (Å²) >= 11 is 5.75. The van der Waals surface area contributed by atoms with Gasteiger partial charge in [-0.1, -0.05) is 11.6 Å². The van der Waals surface area contributed by atoms with Crippen LogP contribution in [0.3, 0.4) is 0 Å². The monoisotopic (exact) mass is 282 g/mol. The molecule has 19 heavy (non-hydrogen) atoms. The summed E-state index contributed by atoms with van der Waals surface area (Å²) in [5, 5.41) is 3.35. The zero-order valence-electron chi connectivity index (χ0n) is 10.4. The van der Waals surface area contributed by atoms with Crippen LogP contribution in [-0.2, 0) is 4.74 Å². The van der Waals surface area contributed by atoms with Crippen LogP contribution in [0.15, 0.2) is 24.3 Å². The summed E-state index contributed by atoms with van der Waals surface area (Å²) in [4.78, 5) is 24.7. The summed E-state index contributed by atoms with van der Waals surface area (Å²) in [5.74, 6) is -0.179. The molecule has 0 atom stereocenters. The van der Waals surface area contributed by atoms with Crippen molar-refractivity contribution in [1.29, 1.82) is 0 Å². The van der Waals surface area contributed by atoms with Crippen LogP contribution in [0.2, 0.25) is 5.02 Å². The van der Waals surface area contributed by atoms with E-state index in [0.717, 1.165) is 6.42 Å². The van der Waals surface area contributed by atoms with Gasteiger partial charge in [-0.3, -0.25) is 4.79 Å². The molecule has 1 aliphatic rings. The van der Waals surface area contributed by atoms with Crippen LogP contribution in [0.1, 0.15) is 16.8 Å². The van der Waals surface area contributed by atoms with Crippen LogP contribution in [0.4, 0.5) is 4.79 Å². The molecule has 1 fully saturated rings. The highest BCUT2D eigenvalue weighted by molar-refractivity contribution is 6.30. The topological polar surface area (TPSA) is 58.6 Å². The van der Waals surface area contributed by atoms with Crippen LogP contribution in [0.25, 0.3) is 0 Å². The van der Waals surface area contributed by atoms with Gasteiger partial charge < -0.3 is 15.0 Å². The first kappa shape index (κ1) is 13.7. The predicted octanol–water partition coefficient (Wildman–Crippen LogP) is 1.91. The van der Waals surface area contributed by atoms with Crippen molar-refractivity contribution >= 4 is 23.6 Å². The largest absolute Gasteiger partial charge is 0.449 e. The van der Waals surface area contributed by atoms with E-state index >= 15 is 0 Å². The number of carbonyl (C=O) groups is 2. The fourth-order valence-electron chi connectivity index (χ4n) is 1.81. The minimum Gasteiger partial charge on any atom is -0.449 e. The maximum atomic E-state index is 11.8. The average molecular weight is 283 g/mol. The lowest BCUT2D eigenvalue weighted by atomic mass is 10.2. The third-order valence-corrected chi connectivity index (χ3v) is 3.08. The van der Waals surface area contributed by atoms with Gasteiger partial charge in [0.1, 0.15) is 0 Å². The first-order valence-electron chi connectivity index (χ1n) is 6.12. The van der Waals surface area contributed by atoms with Crippen LogP contribution in [0.5, 0.6) is 0 Å². The van der Waals surface area contributed by atoms with Gasteiger partial charge >= 0.3 is 6.09 Å². The fraction of sp³-hybridized carbons (Fsp3) is 0.385. The zero-order valence-corrected chi connectivity index (χ0v) is 11.2. The van der Waals surface area contributed by atoms with Crippen molar-refractivity contribution in [2.24, 2.45) is 0 Å². The molecule has 5 nitrogen and oxygen atoms in total. The van der Waals surface area contributed by atoms with Crippen molar-refractivity contribution < 1.29 is 14.3 Å². The summed E-state index contributed by atoms with van der Waals surface area (Å²) < 4.78 is 4.91. The number of cyclic esters (lactones) is 1. The summed E-state index contributed by atoms with van der Waals surface area (Å²) in [6.07, 6.45) is 0.517. The number of hydrogen-bond donors (Lipinski definition) is 1. The lowest BCUT2D eigenvalue weighted by Gasteiger charge is -2.26.